The Balaban J connectivity index is 1.66. The maximum atomic E-state index is 6.04. The van der Waals surface area contributed by atoms with Crippen LogP contribution in [0.25, 0.3) is 34.1 Å². The largest absolute Gasteiger partial charge is 0.333 e. The van der Waals surface area contributed by atoms with Crippen molar-refractivity contribution in [1.29, 1.82) is 0 Å². The van der Waals surface area contributed by atoms with Crippen molar-refractivity contribution in [2.75, 3.05) is 0 Å². The van der Waals surface area contributed by atoms with Crippen molar-refractivity contribution >= 4 is 23.1 Å². The molecular weight excluding hydrogens is 334 g/mol. The molecule has 6 nitrogen and oxygen atoms in total. The van der Waals surface area contributed by atoms with E-state index in [1.54, 1.807) is 18.3 Å². The van der Waals surface area contributed by atoms with Crippen LogP contribution in [0.15, 0.2) is 52.5 Å². The van der Waals surface area contributed by atoms with E-state index in [9.17, 15) is 0 Å². The molecule has 0 amide bonds. The van der Waals surface area contributed by atoms with E-state index < -0.39 is 0 Å². The molecule has 3 aromatic heterocycles. The summed E-state index contributed by atoms with van der Waals surface area (Å²) in [5.41, 5.74) is 3.28. The highest BCUT2D eigenvalue weighted by molar-refractivity contribution is 7.03. The molecule has 0 unspecified atom stereocenters. The van der Waals surface area contributed by atoms with Gasteiger partial charge in [-0.3, -0.25) is 0 Å². The highest BCUT2D eigenvalue weighted by atomic mass is 35.5. The molecule has 0 saturated heterocycles. The van der Waals surface area contributed by atoms with E-state index in [-0.39, 0.29) is 0 Å². The first-order valence-corrected chi connectivity index (χ1v) is 7.85. The van der Waals surface area contributed by atoms with Gasteiger partial charge in [-0.15, -0.1) is 5.10 Å². The third kappa shape index (κ3) is 2.71. The minimum Gasteiger partial charge on any atom is -0.333 e. The van der Waals surface area contributed by atoms with E-state index in [1.807, 2.05) is 29.6 Å². The van der Waals surface area contributed by atoms with Gasteiger partial charge in [0.2, 0.25) is 5.82 Å². The molecule has 112 valence electrons. The smallest absolute Gasteiger partial charge is 0.261 e. The number of nitrogens with zero attached hydrogens (tertiary/aromatic N) is 5. The van der Waals surface area contributed by atoms with Crippen molar-refractivity contribution in [2.45, 2.75) is 0 Å². The first-order chi connectivity index (χ1) is 11.3. The van der Waals surface area contributed by atoms with Crippen LogP contribution >= 0.6 is 23.1 Å². The fraction of sp³-hybridized carbons (Fsp3) is 0. The summed E-state index contributed by atoms with van der Waals surface area (Å²) in [4.78, 5) is 8.38. The van der Waals surface area contributed by atoms with Gasteiger partial charge in [-0.25, -0.2) is 4.98 Å². The van der Waals surface area contributed by atoms with E-state index in [1.165, 1.54) is 11.5 Å². The molecule has 8 heteroatoms. The van der Waals surface area contributed by atoms with Crippen LogP contribution in [-0.4, -0.2) is 24.7 Å². The Morgan fingerprint density at radius 2 is 1.87 bits per heavy atom. The Kier molecular flexibility index (Phi) is 3.57. The van der Waals surface area contributed by atoms with Gasteiger partial charge in [-0.05, 0) is 23.7 Å². The molecule has 0 radical (unpaired) electrons. The maximum Gasteiger partial charge on any atom is 0.261 e. The Morgan fingerprint density at radius 1 is 1.04 bits per heavy atom. The van der Waals surface area contributed by atoms with Gasteiger partial charge in [0.1, 0.15) is 10.8 Å². The summed E-state index contributed by atoms with van der Waals surface area (Å²) in [6.07, 6.45) is 1.61. The highest BCUT2D eigenvalue weighted by Crippen LogP contribution is 2.27. The van der Waals surface area contributed by atoms with Crippen molar-refractivity contribution in [3.63, 3.8) is 0 Å². The molecule has 0 atom stereocenters. The molecule has 23 heavy (non-hydrogen) atoms. The second-order valence-corrected chi connectivity index (χ2v) is 5.60. The van der Waals surface area contributed by atoms with Gasteiger partial charge in [-0.1, -0.05) is 45.5 Å². The molecule has 0 spiro atoms. The summed E-state index contributed by atoms with van der Waals surface area (Å²) < 4.78 is 9.14. The second kappa shape index (κ2) is 5.86. The van der Waals surface area contributed by atoms with Crippen LogP contribution in [0, 0.1) is 0 Å². The number of benzene rings is 1. The Hall–Kier alpha value is -2.64. The molecule has 4 aromatic rings. The van der Waals surface area contributed by atoms with Gasteiger partial charge in [0.25, 0.3) is 5.89 Å². The van der Waals surface area contributed by atoms with Crippen molar-refractivity contribution in [2.24, 2.45) is 0 Å². The molecule has 0 aliphatic heterocycles. The minimum absolute atomic E-state index is 0.328. The number of hydrogen-bond acceptors (Lipinski definition) is 7. The normalized spacial score (nSPS) is 10.8. The van der Waals surface area contributed by atoms with E-state index in [0.717, 1.165) is 16.8 Å². The quantitative estimate of drug-likeness (QED) is 0.525. The van der Waals surface area contributed by atoms with Gasteiger partial charge in [0.05, 0.1) is 5.56 Å². The molecule has 0 N–H and O–H groups in total. The Labute approximate surface area is 139 Å². The third-order valence-corrected chi connectivity index (χ3v) is 4.02. The number of halogens is 1. The van der Waals surface area contributed by atoms with E-state index in [0.29, 0.717) is 22.4 Å². The summed E-state index contributed by atoms with van der Waals surface area (Å²) >= 11 is 7.36. The lowest BCUT2D eigenvalue weighted by molar-refractivity contribution is 0.432. The number of hydrogen-bond donors (Lipinski definition) is 0. The zero-order chi connectivity index (χ0) is 15.6. The lowest BCUT2D eigenvalue weighted by atomic mass is 10.1. The molecule has 0 bridgehead atoms. The predicted molar refractivity (Wildman–Crippen MR) is 86.9 cm³/mol. The van der Waals surface area contributed by atoms with E-state index >= 15 is 0 Å². The van der Waals surface area contributed by atoms with Gasteiger partial charge in [-0.2, -0.15) is 4.98 Å². The molecule has 0 fully saturated rings. The SMILES string of the molecule is Clc1ncccc1-c1nc(-c2ccc(-c3csnn3)cc2)no1. The third-order valence-electron chi connectivity index (χ3n) is 3.21. The van der Waals surface area contributed by atoms with Crippen LogP contribution in [0.5, 0.6) is 0 Å². The monoisotopic (exact) mass is 341 g/mol. The van der Waals surface area contributed by atoms with Gasteiger partial charge in [0, 0.05) is 22.7 Å². The lowest BCUT2D eigenvalue weighted by Gasteiger charge is -1.97. The maximum absolute atomic E-state index is 6.04. The van der Waals surface area contributed by atoms with Crippen molar-refractivity contribution in [3.05, 3.63) is 53.1 Å². The van der Waals surface area contributed by atoms with Crippen LogP contribution in [0.4, 0.5) is 0 Å². The summed E-state index contributed by atoms with van der Waals surface area (Å²) in [6, 6.07) is 11.3. The fourth-order valence-corrected chi connectivity index (χ4v) is 2.74. The summed E-state index contributed by atoms with van der Waals surface area (Å²) in [6.45, 7) is 0. The number of aromatic nitrogens is 5. The Bertz CT molecular complexity index is 937. The standard InChI is InChI=1S/C15H8ClN5OS/c16-13-11(2-1-7-17-13)15-18-14(20-22-15)10-5-3-9(4-6-10)12-8-23-21-19-12/h1-8H. The molecular formula is C15H8ClN5OS. The van der Waals surface area contributed by atoms with Crippen LogP contribution < -0.4 is 0 Å². The molecule has 1 aromatic carbocycles. The zero-order valence-corrected chi connectivity index (χ0v) is 13.1. The number of pyridine rings is 1. The van der Waals surface area contributed by atoms with Crippen LogP contribution in [0.1, 0.15) is 0 Å². The van der Waals surface area contributed by atoms with E-state index in [2.05, 4.69) is 24.7 Å². The minimum atomic E-state index is 0.328. The molecule has 0 aliphatic rings. The fourth-order valence-electron chi connectivity index (χ4n) is 2.08. The van der Waals surface area contributed by atoms with Crippen LogP contribution in [-0.2, 0) is 0 Å². The molecule has 0 aliphatic carbocycles. The van der Waals surface area contributed by atoms with Gasteiger partial charge >= 0.3 is 0 Å². The highest BCUT2D eigenvalue weighted by Gasteiger charge is 2.14. The van der Waals surface area contributed by atoms with Crippen LogP contribution in [0.2, 0.25) is 5.15 Å². The molecule has 4 rings (SSSR count). The van der Waals surface area contributed by atoms with Crippen molar-refractivity contribution < 1.29 is 4.52 Å². The lowest BCUT2D eigenvalue weighted by Crippen LogP contribution is -1.84. The average molecular weight is 342 g/mol. The van der Waals surface area contributed by atoms with Gasteiger partial charge in [0.15, 0.2) is 0 Å². The predicted octanol–water partition coefficient (Wildman–Crippen LogP) is 3.97. The number of rotatable bonds is 3. The average Bonchev–Trinajstić information content (AvgIpc) is 3.27. The van der Waals surface area contributed by atoms with Crippen LogP contribution in [0.3, 0.4) is 0 Å². The summed E-state index contributed by atoms with van der Waals surface area (Å²) in [5, 5.41) is 10.3. The first-order valence-electron chi connectivity index (χ1n) is 6.64. The molecule has 0 saturated carbocycles. The van der Waals surface area contributed by atoms with E-state index in [4.69, 9.17) is 16.1 Å². The van der Waals surface area contributed by atoms with Crippen molar-refractivity contribution in [3.8, 4) is 34.1 Å². The Morgan fingerprint density at radius 3 is 2.61 bits per heavy atom. The second-order valence-electron chi connectivity index (χ2n) is 4.63. The zero-order valence-electron chi connectivity index (χ0n) is 11.5. The summed E-state index contributed by atoms with van der Waals surface area (Å²) in [5.74, 6) is 0.828. The summed E-state index contributed by atoms with van der Waals surface area (Å²) in [7, 11) is 0. The first kappa shape index (κ1) is 14.0. The topological polar surface area (TPSA) is 77.6 Å². The molecule has 3 heterocycles. The van der Waals surface area contributed by atoms with Crippen molar-refractivity contribution in [1.82, 2.24) is 24.7 Å². The van der Waals surface area contributed by atoms with Gasteiger partial charge < -0.3 is 4.52 Å².